The lowest BCUT2D eigenvalue weighted by Gasteiger charge is -2.03. The first-order chi connectivity index (χ1) is 13.3. The maximum absolute atomic E-state index is 12.2. The van der Waals surface area contributed by atoms with Crippen molar-refractivity contribution in [3.8, 4) is 0 Å². The number of nitrogens with one attached hydrogen (secondary N) is 1. The van der Waals surface area contributed by atoms with Crippen LogP contribution in [0, 0.1) is 0 Å². The van der Waals surface area contributed by atoms with Gasteiger partial charge in [-0.05, 0) is 36.2 Å². The van der Waals surface area contributed by atoms with E-state index >= 15 is 0 Å². The topological polar surface area (TPSA) is 68.3 Å². The molecule has 0 aliphatic heterocycles. The van der Waals surface area contributed by atoms with Gasteiger partial charge in [-0.25, -0.2) is 4.98 Å². The van der Waals surface area contributed by atoms with Gasteiger partial charge >= 0.3 is 0 Å². The first kappa shape index (κ1) is 17.4. The number of amides is 1. The van der Waals surface area contributed by atoms with Crippen LogP contribution in [0.5, 0.6) is 0 Å². The van der Waals surface area contributed by atoms with Crippen molar-refractivity contribution in [3.63, 3.8) is 0 Å². The Labute approximate surface area is 160 Å². The molecule has 1 N–H and O–H groups in total. The van der Waals surface area contributed by atoms with Gasteiger partial charge in [0.1, 0.15) is 11.3 Å². The van der Waals surface area contributed by atoms with Crippen LogP contribution in [0.25, 0.3) is 11.1 Å². The molecule has 0 fully saturated rings. The van der Waals surface area contributed by atoms with Crippen LogP contribution in [-0.4, -0.2) is 17.4 Å². The van der Waals surface area contributed by atoms with E-state index in [1.807, 2.05) is 60.7 Å². The molecule has 27 heavy (non-hydrogen) atoms. The van der Waals surface area contributed by atoms with Crippen molar-refractivity contribution in [2.45, 2.75) is 17.4 Å². The summed E-state index contributed by atoms with van der Waals surface area (Å²) < 4.78 is 11.3. The van der Waals surface area contributed by atoms with Crippen molar-refractivity contribution in [2.75, 3.05) is 6.54 Å². The van der Waals surface area contributed by atoms with E-state index < -0.39 is 0 Å². The lowest BCUT2D eigenvalue weighted by atomic mass is 10.1. The molecule has 1 amide bonds. The molecule has 0 saturated heterocycles. The van der Waals surface area contributed by atoms with Gasteiger partial charge in [-0.15, -0.1) is 0 Å². The number of thioether (sulfide) groups is 1. The predicted octanol–water partition coefficient (Wildman–Crippen LogP) is 4.69. The number of carbonyl (C=O) groups excluding carboxylic acids is 1. The molecule has 4 rings (SSSR count). The Hall–Kier alpha value is -2.99. The van der Waals surface area contributed by atoms with E-state index in [1.54, 1.807) is 6.07 Å². The van der Waals surface area contributed by atoms with Crippen LogP contribution in [0.2, 0.25) is 0 Å². The SMILES string of the molecule is O=C(NCCc1ccccc1)c1ccc(CSc2nc3ccccc3o2)o1. The highest BCUT2D eigenvalue weighted by atomic mass is 32.2. The van der Waals surface area contributed by atoms with Crippen LogP contribution in [0.1, 0.15) is 21.9 Å². The van der Waals surface area contributed by atoms with Crippen molar-refractivity contribution in [1.29, 1.82) is 0 Å². The number of hydrogen-bond acceptors (Lipinski definition) is 5. The van der Waals surface area contributed by atoms with E-state index in [0.717, 1.165) is 17.5 Å². The Bertz CT molecular complexity index is 1010. The molecular weight excluding hydrogens is 360 g/mol. The molecule has 6 heteroatoms. The molecule has 2 heterocycles. The molecule has 4 aromatic rings. The highest BCUT2D eigenvalue weighted by Crippen LogP contribution is 2.26. The Morgan fingerprint density at radius 1 is 0.963 bits per heavy atom. The average Bonchev–Trinajstić information content (AvgIpc) is 3.34. The monoisotopic (exact) mass is 378 g/mol. The second-order valence-corrected chi connectivity index (χ2v) is 6.92. The summed E-state index contributed by atoms with van der Waals surface area (Å²) >= 11 is 1.44. The molecule has 5 nitrogen and oxygen atoms in total. The Kier molecular flexibility index (Phi) is 5.25. The smallest absolute Gasteiger partial charge is 0.287 e. The number of rotatable bonds is 7. The van der Waals surface area contributed by atoms with E-state index in [9.17, 15) is 4.79 Å². The summed E-state index contributed by atoms with van der Waals surface area (Å²) in [5.41, 5.74) is 2.78. The first-order valence-corrected chi connectivity index (χ1v) is 9.66. The fourth-order valence-electron chi connectivity index (χ4n) is 2.68. The lowest BCUT2D eigenvalue weighted by molar-refractivity contribution is 0.0925. The molecule has 0 atom stereocenters. The number of nitrogens with zero attached hydrogens (tertiary/aromatic N) is 1. The predicted molar refractivity (Wildman–Crippen MR) is 105 cm³/mol. The van der Waals surface area contributed by atoms with Crippen molar-refractivity contribution >= 4 is 28.8 Å². The molecular formula is C21H18N2O3S. The average molecular weight is 378 g/mol. The van der Waals surface area contributed by atoms with Crippen LogP contribution >= 0.6 is 11.8 Å². The van der Waals surface area contributed by atoms with Crippen LogP contribution in [0.15, 0.2) is 80.8 Å². The van der Waals surface area contributed by atoms with E-state index in [2.05, 4.69) is 10.3 Å². The molecule has 2 aromatic carbocycles. The number of benzene rings is 2. The number of fused-ring (bicyclic) bond motifs is 1. The second-order valence-electron chi connectivity index (χ2n) is 5.99. The zero-order valence-corrected chi connectivity index (χ0v) is 15.4. The molecule has 0 aliphatic rings. The molecule has 0 radical (unpaired) electrons. The van der Waals surface area contributed by atoms with Crippen LogP contribution < -0.4 is 5.32 Å². The summed E-state index contributed by atoms with van der Waals surface area (Å²) in [6, 6.07) is 21.2. The minimum absolute atomic E-state index is 0.205. The quantitative estimate of drug-likeness (QED) is 0.473. The minimum atomic E-state index is -0.205. The van der Waals surface area contributed by atoms with Crippen molar-refractivity contribution < 1.29 is 13.6 Å². The third-order valence-corrected chi connectivity index (χ3v) is 4.89. The Morgan fingerprint density at radius 3 is 2.63 bits per heavy atom. The van der Waals surface area contributed by atoms with Gasteiger partial charge in [-0.3, -0.25) is 4.79 Å². The van der Waals surface area contributed by atoms with E-state index in [-0.39, 0.29) is 5.91 Å². The van der Waals surface area contributed by atoms with Gasteiger partial charge in [0.15, 0.2) is 11.3 Å². The molecule has 0 aliphatic carbocycles. The number of hydrogen-bond donors (Lipinski definition) is 1. The summed E-state index contributed by atoms with van der Waals surface area (Å²) in [6.07, 6.45) is 0.785. The normalized spacial score (nSPS) is 11.0. The Balaban J connectivity index is 1.29. The fraction of sp³-hybridized carbons (Fsp3) is 0.143. The molecule has 0 unspecified atom stereocenters. The number of furan rings is 1. The fourth-order valence-corrected chi connectivity index (χ4v) is 3.41. The highest BCUT2D eigenvalue weighted by Gasteiger charge is 2.12. The summed E-state index contributed by atoms with van der Waals surface area (Å²) in [4.78, 5) is 16.6. The van der Waals surface area contributed by atoms with Crippen LogP contribution in [0.4, 0.5) is 0 Å². The van der Waals surface area contributed by atoms with Gasteiger partial charge in [-0.2, -0.15) is 0 Å². The maximum atomic E-state index is 12.2. The molecule has 136 valence electrons. The Morgan fingerprint density at radius 2 is 1.78 bits per heavy atom. The molecule has 0 spiro atoms. The summed E-state index contributed by atoms with van der Waals surface area (Å²) in [6.45, 7) is 0.566. The number of para-hydroxylation sites is 2. The van der Waals surface area contributed by atoms with Crippen LogP contribution in [-0.2, 0) is 12.2 Å². The van der Waals surface area contributed by atoms with Crippen molar-refractivity contribution in [1.82, 2.24) is 10.3 Å². The molecule has 0 saturated carbocycles. The lowest BCUT2D eigenvalue weighted by Crippen LogP contribution is -2.25. The molecule has 0 bridgehead atoms. The summed E-state index contributed by atoms with van der Waals surface area (Å²) in [5, 5.41) is 3.47. The third-order valence-electron chi connectivity index (χ3n) is 4.04. The number of aromatic nitrogens is 1. The summed E-state index contributed by atoms with van der Waals surface area (Å²) in [7, 11) is 0. The highest BCUT2D eigenvalue weighted by molar-refractivity contribution is 7.98. The zero-order valence-electron chi connectivity index (χ0n) is 14.6. The van der Waals surface area contributed by atoms with E-state index in [1.165, 1.54) is 17.3 Å². The maximum Gasteiger partial charge on any atom is 0.287 e. The van der Waals surface area contributed by atoms with Gasteiger partial charge in [0.05, 0.1) is 5.75 Å². The van der Waals surface area contributed by atoms with Gasteiger partial charge in [0.2, 0.25) is 0 Å². The van der Waals surface area contributed by atoms with E-state index in [0.29, 0.717) is 29.0 Å². The van der Waals surface area contributed by atoms with Crippen molar-refractivity contribution in [2.24, 2.45) is 0 Å². The second kappa shape index (κ2) is 8.14. The minimum Gasteiger partial charge on any atom is -0.455 e. The van der Waals surface area contributed by atoms with Gasteiger partial charge < -0.3 is 14.2 Å². The summed E-state index contributed by atoms with van der Waals surface area (Å²) in [5.74, 6) is 1.36. The van der Waals surface area contributed by atoms with Gasteiger partial charge in [-0.1, -0.05) is 54.2 Å². The standard InChI is InChI=1S/C21H18N2O3S/c24-20(22-13-12-15-6-2-1-3-7-15)19-11-10-16(25-19)14-27-21-23-17-8-4-5-9-18(17)26-21/h1-11H,12-14H2,(H,22,24). The zero-order chi connectivity index (χ0) is 18.5. The first-order valence-electron chi connectivity index (χ1n) is 8.67. The molecule has 2 aromatic heterocycles. The van der Waals surface area contributed by atoms with E-state index in [4.69, 9.17) is 8.83 Å². The largest absolute Gasteiger partial charge is 0.455 e. The third kappa shape index (κ3) is 4.41. The van der Waals surface area contributed by atoms with Crippen LogP contribution in [0.3, 0.4) is 0 Å². The van der Waals surface area contributed by atoms with Gasteiger partial charge in [0.25, 0.3) is 11.1 Å². The number of carbonyl (C=O) groups is 1. The number of oxazole rings is 1. The van der Waals surface area contributed by atoms with Gasteiger partial charge in [0, 0.05) is 6.54 Å². The van der Waals surface area contributed by atoms with Crippen molar-refractivity contribution in [3.05, 3.63) is 83.8 Å².